The van der Waals surface area contributed by atoms with Crippen molar-refractivity contribution in [1.29, 1.82) is 0 Å². The number of rotatable bonds is 8. The minimum atomic E-state index is -0.118. The molecule has 4 rings (SSSR count). The van der Waals surface area contributed by atoms with Crippen LogP contribution >= 0.6 is 45.8 Å². The molecule has 2 saturated heterocycles. The summed E-state index contributed by atoms with van der Waals surface area (Å²) in [7, 11) is 0. The van der Waals surface area contributed by atoms with E-state index in [1.54, 1.807) is 18.2 Å². The zero-order chi connectivity index (χ0) is 23.2. The van der Waals surface area contributed by atoms with Gasteiger partial charge in [0.1, 0.15) is 5.75 Å². The fourth-order valence-electron chi connectivity index (χ4n) is 4.24. The van der Waals surface area contributed by atoms with Gasteiger partial charge in [-0.25, -0.2) is 0 Å². The van der Waals surface area contributed by atoms with Crippen LogP contribution in [0.1, 0.15) is 28.8 Å². The van der Waals surface area contributed by atoms with E-state index in [0.29, 0.717) is 28.3 Å². The van der Waals surface area contributed by atoms with E-state index < -0.39 is 0 Å². The number of piperazine rings is 1. The number of amides is 1. The fraction of sp³-hybridized carbons (Fsp3) is 0.458. The lowest BCUT2D eigenvalue weighted by Gasteiger charge is -2.24. The first-order chi connectivity index (χ1) is 16.0. The van der Waals surface area contributed by atoms with Crippen molar-refractivity contribution in [3.8, 4) is 5.75 Å². The van der Waals surface area contributed by atoms with Crippen molar-refractivity contribution in [3.05, 3.63) is 61.1 Å². The van der Waals surface area contributed by atoms with Crippen LogP contribution in [0.25, 0.3) is 0 Å². The first-order valence-electron chi connectivity index (χ1n) is 11.3. The van der Waals surface area contributed by atoms with Gasteiger partial charge in [0.15, 0.2) is 0 Å². The van der Waals surface area contributed by atoms with Crippen LogP contribution in [0.2, 0.25) is 10.0 Å². The minimum Gasteiger partial charge on any atom is -0.492 e. The number of carbonyl (C=O) groups is 1. The fourth-order valence-corrected chi connectivity index (χ4v) is 5.03. The van der Waals surface area contributed by atoms with Crippen LogP contribution in [0.5, 0.6) is 5.75 Å². The molecule has 2 fully saturated rings. The van der Waals surface area contributed by atoms with Gasteiger partial charge in [-0.3, -0.25) is 9.69 Å². The second-order valence-electron chi connectivity index (χ2n) is 8.58. The summed E-state index contributed by atoms with van der Waals surface area (Å²) in [5.74, 6) is 0.827. The molecule has 2 aliphatic rings. The van der Waals surface area contributed by atoms with Crippen molar-refractivity contribution in [3.63, 3.8) is 0 Å². The number of hydrogen-bond donors (Lipinski definition) is 3. The van der Waals surface area contributed by atoms with Crippen molar-refractivity contribution < 1.29 is 9.53 Å². The second-order valence-corrected chi connectivity index (χ2v) is 10.6. The highest BCUT2D eigenvalue weighted by atomic mass is 127. The van der Waals surface area contributed by atoms with Gasteiger partial charge in [-0.05, 0) is 71.3 Å². The van der Waals surface area contributed by atoms with Crippen molar-refractivity contribution in [2.24, 2.45) is 0 Å². The molecular formula is C24H29Cl2IN4O2. The topological polar surface area (TPSA) is 65.6 Å². The molecular weight excluding hydrogens is 574 g/mol. The maximum atomic E-state index is 12.6. The number of benzene rings is 2. The Bertz CT molecular complexity index is 971. The standard InChI is InChI=1S/C24H29Cl2IN4O2/c25-20-3-2-17(12-21(20)26)24(32)30-19-5-9-31(15-19)14-16-1-4-22(27)23(11-16)33-10-6-18-13-28-7-8-29-18/h1-4,11-12,18-19,28-29H,5-10,13-15H2,(H,30,32). The highest BCUT2D eigenvalue weighted by Crippen LogP contribution is 2.25. The molecule has 9 heteroatoms. The van der Waals surface area contributed by atoms with E-state index in [4.69, 9.17) is 27.9 Å². The molecule has 0 aliphatic carbocycles. The van der Waals surface area contributed by atoms with Gasteiger partial charge in [0.05, 0.1) is 20.2 Å². The summed E-state index contributed by atoms with van der Waals surface area (Å²) in [5.41, 5.74) is 1.75. The van der Waals surface area contributed by atoms with E-state index in [-0.39, 0.29) is 11.9 Å². The molecule has 2 aromatic carbocycles. The van der Waals surface area contributed by atoms with Gasteiger partial charge in [-0.2, -0.15) is 0 Å². The molecule has 1 amide bonds. The number of likely N-dealkylation sites (tertiary alicyclic amines) is 1. The molecule has 0 saturated carbocycles. The predicted molar refractivity (Wildman–Crippen MR) is 142 cm³/mol. The average Bonchev–Trinajstić information content (AvgIpc) is 3.25. The molecule has 0 radical (unpaired) electrons. The Labute approximate surface area is 218 Å². The number of nitrogens with one attached hydrogen (secondary N) is 3. The zero-order valence-corrected chi connectivity index (χ0v) is 22.0. The van der Waals surface area contributed by atoms with Crippen LogP contribution in [-0.4, -0.2) is 62.2 Å². The van der Waals surface area contributed by atoms with E-state index in [9.17, 15) is 4.79 Å². The van der Waals surface area contributed by atoms with E-state index in [0.717, 1.165) is 61.4 Å². The average molecular weight is 603 g/mol. The summed E-state index contributed by atoms with van der Waals surface area (Å²) in [4.78, 5) is 14.9. The van der Waals surface area contributed by atoms with Gasteiger partial charge >= 0.3 is 0 Å². The SMILES string of the molecule is O=C(NC1CCN(Cc2ccc(I)c(OCCC3CNCCN3)c2)C1)c1ccc(Cl)c(Cl)c1. The van der Waals surface area contributed by atoms with E-state index in [1.807, 2.05) is 0 Å². The van der Waals surface area contributed by atoms with Gasteiger partial charge in [0.2, 0.25) is 0 Å². The van der Waals surface area contributed by atoms with Crippen LogP contribution in [0.4, 0.5) is 0 Å². The molecule has 0 aromatic heterocycles. The Morgan fingerprint density at radius 2 is 2.06 bits per heavy atom. The summed E-state index contributed by atoms with van der Waals surface area (Å²) in [6.07, 6.45) is 1.91. The second kappa shape index (κ2) is 12.0. The first kappa shape index (κ1) is 25.0. The summed E-state index contributed by atoms with van der Waals surface area (Å²) in [5, 5.41) is 10.9. The summed E-state index contributed by atoms with van der Waals surface area (Å²) < 4.78 is 7.24. The highest BCUT2D eigenvalue weighted by molar-refractivity contribution is 14.1. The number of halogens is 3. The maximum Gasteiger partial charge on any atom is 0.251 e. The lowest BCUT2D eigenvalue weighted by Crippen LogP contribution is -2.48. The smallest absolute Gasteiger partial charge is 0.251 e. The van der Waals surface area contributed by atoms with Gasteiger partial charge in [0, 0.05) is 56.9 Å². The summed E-state index contributed by atoms with van der Waals surface area (Å²) in [6.45, 7) is 6.34. The summed E-state index contributed by atoms with van der Waals surface area (Å²) in [6, 6.07) is 12.0. The van der Waals surface area contributed by atoms with Crippen molar-refractivity contribution in [1.82, 2.24) is 20.9 Å². The molecule has 178 valence electrons. The molecule has 2 aliphatic heterocycles. The third-order valence-electron chi connectivity index (χ3n) is 6.04. The molecule has 2 unspecified atom stereocenters. The lowest BCUT2D eigenvalue weighted by atomic mass is 10.2. The minimum absolute atomic E-state index is 0.114. The van der Waals surface area contributed by atoms with Crippen molar-refractivity contribution in [2.45, 2.75) is 31.5 Å². The normalized spacial score (nSPS) is 21.2. The molecule has 2 aromatic rings. The van der Waals surface area contributed by atoms with Crippen LogP contribution in [0.15, 0.2) is 36.4 Å². The van der Waals surface area contributed by atoms with E-state index in [1.165, 1.54) is 5.56 Å². The predicted octanol–water partition coefficient (Wildman–Crippen LogP) is 3.93. The number of ether oxygens (including phenoxy) is 1. The quantitative estimate of drug-likeness (QED) is 0.400. The van der Waals surface area contributed by atoms with Gasteiger partial charge < -0.3 is 20.7 Å². The van der Waals surface area contributed by atoms with E-state index >= 15 is 0 Å². The van der Waals surface area contributed by atoms with Gasteiger partial charge in [-0.1, -0.05) is 29.3 Å². The molecule has 33 heavy (non-hydrogen) atoms. The van der Waals surface area contributed by atoms with Crippen LogP contribution < -0.4 is 20.7 Å². The van der Waals surface area contributed by atoms with Gasteiger partial charge in [-0.15, -0.1) is 0 Å². The zero-order valence-electron chi connectivity index (χ0n) is 18.4. The van der Waals surface area contributed by atoms with E-state index in [2.05, 4.69) is 61.6 Å². The first-order valence-corrected chi connectivity index (χ1v) is 13.1. The monoisotopic (exact) mass is 602 g/mol. The Morgan fingerprint density at radius 1 is 1.18 bits per heavy atom. The third-order valence-corrected chi connectivity index (χ3v) is 7.67. The Hall–Kier alpha value is -1.10. The number of nitrogens with zero attached hydrogens (tertiary/aromatic N) is 1. The van der Waals surface area contributed by atoms with Crippen LogP contribution in [0, 0.1) is 3.57 Å². The summed E-state index contributed by atoms with van der Waals surface area (Å²) >= 11 is 14.3. The maximum absolute atomic E-state index is 12.6. The molecule has 0 spiro atoms. The Morgan fingerprint density at radius 3 is 2.85 bits per heavy atom. The molecule has 6 nitrogen and oxygen atoms in total. The largest absolute Gasteiger partial charge is 0.492 e. The molecule has 3 N–H and O–H groups in total. The highest BCUT2D eigenvalue weighted by Gasteiger charge is 2.24. The van der Waals surface area contributed by atoms with Crippen LogP contribution in [-0.2, 0) is 6.54 Å². The van der Waals surface area contributed by atoms with Crippen LogP contribution in [0.3, 0.4) is 0 Å². The lowest BCUT2D eigenvalue weighted by molar-refractivity contribution is 0.0937. The van der Waals surface area contributed by atoms with Crippen molar-refractivity contribution in [2.75, 3.05) is 39.3 Å². The Kier molecular flexibility index (Phi) is 9.12. The Balaban J connectivity index is 1.26. The number of carbonyl (C=O) groups excluding carboxylic acids is 1. The number of hydrogen-bond acceptors (Lipinski definition) is 5. The molecule has 0 bridgehead atoms. The van der Waals surface area contributed by atoms with Gasteiger partial charge in [0.25, 0.3) is 5.91 Å². The molecule has 2 atom stereocenters. The van der Waals surface area contributed by atoms with Crippen molar-refractivity contribution >= 4 is 51.7 Å². The molecule has 2 heterocycles. The third kappa shape index (κ3) is 7.19.